The Morgan fingerprint density at radius 1 is 1.67 bits per heavy atom. The average Bonchev–Trinajstić information content (AvgIpc) is 2.21. The summed E-state index contributed by atoms with van der Waals surface area (Å²) >= 11 is 0. The van der Waals surface area contributed by atoms with Crippen molar-refractivity contribution in [2.24, 2.45) is 5.73 Å². The van der Waals surface area contributed by atoms with Gasteiger partial charge in [0.25, 0.3) is 0 Å². The van der Waals surface area contributed by atoms with Crippen LogP contribution in [0.25, 0.3) is 0 Å². The van der Waals surface area contributed by atoms with Gasteiger partial charge in [-0.05, 0) is 19.4 Å². The van der Waals surface area contributed by atoms with Gasteiger partial charge in [0.15, 0.2) is 6.04 Å². The number of nitrogens with one attached hydrogen (secondary N) is 2. The van der Waals surface area contributed by atoms with Gasteiger partial charge in [-0.3, -0.25) is 4.79 Å². The average molecular weight is 217 g/mol. The van der Waals surface area contributed by atoms with Gasteiger partial charge in [-0.1, -0.05) is 6.08 Å². The van der Waals surface area contributed by atoms with Crippen LogP contribution in [0.4, 0.5) is 4.39 Å². The molecular formula is C9H16FN3O2. The van der Waals surface area contributed by atoms with Gasteiger partial charge in [-0.25, -0.2) is 4.39 Å². The molecule has 1 unspecified atom stereocenters. The molecule has 0 radical (unpaired) electrons. The smallest absolute Gasteiger partial charge is 0.327 e. The predicted molar refractivity (Wildman–Crippen MR) is 55.7 cm³/mol. The quantitative estimate of drug-likeness (QED) is 0.346. The van der Waals surface area contributed by atoms with E-state index in [1.165, 1.54) is 12.3 Å². The third-order valence-corrected chi connectivity index (χ3v) is 1.71. The van der Waals surface area contributed by atoms with Crippen LogP contribution in [0.15, 0.2) is 11.9 Å². The molecule has 0 rings (SSSR count). The fraction of sp³-hybridized carbons (Fsp3) is 0.556. The minimum Gasteiger partial charge on any atom is -0.480 e. The molecule has 0 saturated heterocycles. The number of nitrogens with two attached hydrogens (primary N) is 1. The lowest BCUT2D eigenvalue weighted by molar-refractivity contribution is -0.137. The molecule has 0 bridgehead atoms. The monoisotopic (exact) mass is 217 g/mol. The van der Waals surface area contributed by atoms with E-state index < -0.39 is 17.8 Å². The highest BCUT2D eigenvalue weighted by Gasteiger charge is 2.16. The van der Waals surface area contributed by atoms with Crippen LogP contribution in [0.1, 0.15) is 12.8 Å². The first-order valence-corrected chi connectivity index (χ1v) is 4.63. The number of rotatable bonds is 8. The van der Waals surface area contributed by atoms with Crippen molar-refractivity contribution < 1.29 is 14.3 Å². The standard InChI is InChI=1S/C9H16FN3O2/c10-7(8(12)9(14)15)3-1-2-5-13-6-4-11/h3-4,8,11,13H,1-2,5-6,12H2,(H,14,15)/b7-3-,11-4?. The zero-order valence-electron chi connectivity index (χ0n) is 8.37. The molecule has 0 spiro atoms. The highest BCUT2D eigenvalue weighted by Crippen LogP contribution is 2.04. The van der Waals surface area contributed by atoms with E-state index in [4.69, 9.17) is 16.2 Å². The Kier molecular flexibility index (Phi) is 7.39. The highest BCUT2D eigenvalue weighted by molar-refractivity contribution is 5.76. The number of carboxylic acids is 1. The van der Waals surface area contributed by atoms with E-state index in [0.717, 1.165) is 0 Å². The SMILES string of the molecule is N=CCNCCC/C=C(\F)C(N)C(=O)O. The molecule has 0 aliphatic heterocycles. The van der Waals surface area contributed by atoms with Crippen molar-refractivity contribution in [3.05, 3.63) is 11.9 Å². The van der Waals surface area contributed by atoms with Gasteiger partial charge in [-0.2, -0.15) is 0 Å². The zero-order chi connectivity index (χ0) is 11.7. The summed E-state index contributed by atoms with van der Waals surface area (Å²) in [7, 11) is 0. The molecule has 0 fully saturated rings. The second-order valence-corrected chi connectivity index (χ2v) is 2.96. The molecule has 0 heterocycles. The summed E-state index contributed by atoms with van der Waals surface area (Å²) in [5.41, 5.74) is 5.03. The second-order valence-electron chi connectivity index (χ2n) is 2.96. The van der Waals surface area contributed by atoms with Crippen molar-refractivity contribution in [2.45, 2.75) is 18.9 Å². The molecule has 0 aliphatic rings. The van der Waals surface area contributed by atoms with Gasteiger partial charge in [0.2, 0.25) is 0 Å². The van der Waals surface area contributed by atoms with Crippen molar-refractivity contribution in [2.75, 3.05) is 13.1 Å². The first kappa shape index (κ1) is 13.7. The van der Waals surface area contributed by atoms with Crippen molar-refractivity contribution in [1.29, 1.82) is 5.41 Å². The van der Waals surface area contributed by atoms with E-state index in [2.05, 4.69) is 5.32 Å². The summed E-state index contributed by atoms with van der Waals surface area (Å²) in [5.74, 6) is -2.18. The molecule has 1 atom stereocenters. The first-order valence-electron chi connectivity index (χ1n) is 4.63. The van der Waals surface area contributed by atoms with Crippen LogP contribution in [0.5, 0.6) is 0 Å². The maximum Gasteiger partial charge on any atom is 0.327 e. The topological polar surface area (TPSA) is 99.2 Å². The van der Waals surface area contributed by atoms with Crippen LogP contribution in [0, 0.1) is 5.41 Å². The van der Waals surface area contributed by atoms with E-state index in [-0.39, 0.29) is 0 Å². The van der Waals surface area contributed by atoms with Gasteiger partial charge in [0.05, 0.1) is 0 Å². The number of hydrogen-bond acceptors (Lipinski definition) is 4. The first-order chi connectivity index (χ1) is 7.09. The number of halogens is 1. The van der Waals surface area contributed by atoms with Gasteiger partial charge in [0, 0.05) is 12.8 Å². The van der Waals surface area contributed by atoms with Crippen molar-refractivity contribution in [1.82, 2.24) is 5.32 Å². The normalized spacial score (nSPS) is 13.6. The molecule has 0 aromatic heterocycles. The predicted octanol–water partition coefficient (Wildman–Crippen LogP) is 0.271. The summed E-state index contributed by atoms with van der Waals surface area (Å²) in [6.45, 7) is 1.14. The molecule has 0 saturated carbocycles. The van der Waals surface area contributed by atoms with Crippen LogP contribution < -0.4 is 11.1 Å². The Labute approximate surface area is 87.7 Å². The molecule has 5 nitrogen and oxygen atoms in total. The number of carbonyl (C=O) groups is 1. The Hall–Kier alpha value is -1.27. The molecule has 0 amide bonds. The fourth-order valence-electron chi connectivity index (χ4n) is 0.886. The van der Waals surface area contributed by atoms with Crippen LogP contribution in [0.3, 0.4) is 0 Å². The van der Waals surface area contributed by atoms with Crippen molar-refractivity contribution >= 4 is 12.2 Å². The van der Waals surface area contributed by atoms with Crippen molar-refractivity contribution in [3.8, 4) is 0 Å². The third kappa shape index (κ3) is 6.75. The highest BCUT2D eigenvalue weighted by atomic mass is 19.1. The molecular weight excluding hydrogens is 201 g/mol. The summed E-state index contributed by atoms with van der Waals surface area (Å²) in [4.78, 5) is 10.3. The van der Waals surface area contributed by atoms with E-state index in [9.17, 15) is 9.18 Å². The molecule has 86 valence electrons. The molecule has 5 N–H and O–H groups in total. The maximum absolute atomic E-state index is 12.9. The second kappa shape index (κ2) is 8.07. The molecule has 6 heteroatoms. The molecule has 0 aromatic rings. The zero-order valence-corrected chi connectivity index (χ0v) is 8.37. The minimum absolute atomic E-state index is 0.428. The van der Waals surface area contributed by atoms with E-state index in [0.29, 0.717) is 25.9 Å². The maximum atomic E-state index is 12.9. The summed E-state index contributed by atoms with van der Waals surface area (Å²) in [5, 5.41) is 18.0. The molecule has 0 aliphatic carbocycles. The molecule has 0 aromatic carbocycles. The number of carboxylic acid groups (broad SMARTS) is 1. The minimum atomic E-state index is -1.56. The van der Waals surface area contributed by atoms with E-state index in [1.807, 2.05) is 0 Å². The van der Waals surface area contributed by atoms with Crippen LogP contribution in [0.2, 0.25) is 0 Å². The van der Waals surface area contributed by atoms with Gasteiger partial charge in [0.1, 0.15) is 5.83 Å². The van der Waals surface area contributed by atoms with Gasteiger partial charge >= 0.3 is 5.97 Å². The number of unbranched alkanes of at least 4 members (excludes halogenated alkanes) is 1. The number of hydrogen-bond donors (Lipinski definition) is 4. The van der Waals surface area contributed by atoms with Gasteiger partial charge in [-0.15, -0.1) is 0 Å². The fourth-order valence-corrected chi connectivity index (χ4v) is 0.886. The van der Waals surface area contributed by atoms with E-state index >= 15 is 0 Å². The Morgan fingerprint density at radius 3 is 2.87 bits per heavy atom. The van der Waals surface area contributed by atoms with Crippen LogP contribution >= 0.6 is 0 Å². The Morgan fingerprint density at radius 2 is 2.33 bits per heavy atom. The Bertz CT molecular complexity index is 244. The lowest BCUT2D eigenvalue weighted by Gasteiger charge is -2.03. The lowest BCUT2D eigenvalue weighted by atomic mass is 10.2. The Balaban J connectivity index is 3.67. The lowest BCUT2D eigenvalue weighted by Crippen LogP contribution is -2.30. The van der Waals surface area contributed by atoms with Crippen molar-refractivity contribution in [3.63, 3.8) is 0 Å². The van der Waals surface area contributed by atoms with Gasteiger partial charge < -0.3 is 21.6 Å². The summed E-state index contributed by atoms with van der Waals surface area (Å²) in [6.07, 6.45) is 3.52. The number of allylic oxidation sites excluding steroid dienone is 1. The summed E-state index contributed by atoms with van der Waals surface area (Å²) < 4.78 is 12.9. The van der Waals surface area contributed by atoms with E-state index in [1.54, 1.807) is 0 Å². The summed E-state index contributed by atoms with van der Waals surface area (Å²) in [6, 6.07) is -1.56. The third-order valence-electron chi connectivity index (χ3n) is 1.71. The molecule has 15 heavy (non-hydrogen) atoms. The largest absolute Gasteiger partial charge is 0.480 e. The van der Waals surface area contributed by atoms with Crippen LogP contribution in [-0.4, -0.2) is 36.4 Å². The number of aliphatic carboxylic acids is 1. The van der Waals surface area contributed by atoms with Crippen LogP contribution in [-0.2, 0) is 4.79 Å².